The highest BCUT2D eigenvalue weighted by Gasteiger charge is 2.16. The number of esters is 1. The van der Waals surface area contributed by atoms with E-state index in [0.29, 0.717) is 12.8 Å². The van der Waals surface area contributed by atoms with E-state index in [1.165, 1.54) is 7.11 Å². The van der Waals surface area contributed by atoms with Crippen LogP contribution >= 0.6 is 0 Å². The molecule has 0 aromatic heterocycles. The summed E-state index contributed by atoms with van der Waals surface area (Å²) in [5, 5.41) is 0. The van der Waals surface area contributed by atoms with Gasteiger partial charge in [0.25, 0.3) is 0 Å². The Labute approximate surface area is 79.4 Å². The smallest absolute Gasteiger partial charge is 0.305 e. The van der Waals surface area contributed by atoms with Crippen LogP contribution in [0.2, 0.25) is 0 Å². The van der Waals surface area contributed by atoms with Crippen LogP contribution in [0.4, 0.5) is 0 Å². The monoisotopic (exact) mass is 189 g/mol. The van der Waals surface area contributed by atoms with E-state index in [9.17, 15) is 4.79 Å². The molecule has 0 heterocycles. The van der Waals surface area contributed by atoms with Crippen molar-refractivity contribution in [2.45, 2.75) is 38.3 Å². The molecule has 0 aromatic carbocycles. The number of hydrogen-bond acceptors (Lipinski definition) is 4. The van der Waals surface area contributed by atoms with Crippen molar-refractivity contribution < 1.29 is 14.3 Å². The molecular weight excluding hydrogens is 170 g/mol. The first kappa shape index (κ1) is 12.4. The Morgan fingerprint density at radius 1 is 1.46 bits per heavy atom. The Hall–Kier alpha value is -0.610. The minimum absolute atomic E-state index is 0.0321. The molecule has 0 aliphatic carbocycles. The average molecular weight is 189 g/mol. The van der Waals surface area contributed by atoms with Gasteiger partial charge in [-0.15, -0.1) is 0 Å². The Morgan fingerprint density at radius 3 is 2.46 bits per heavy atom. The first-order valence-electron chi connectivity index (χ1n) is 4.50. The number of methoxy groups -OCH3 is 2. The van der Waals surface area contributed by atoms with Crippen molar-refractivity contribution in [3.8, 4) is 0 Å². The van der Waals surface area contributed by atoms with Gasteiger partial charge in [-0.2, -0.15) is 0 Å². The maximum absolute atomic E-state index is 10.8. The molecule has 0 aliphatic rings. The SMILES string of the molecule is CCC(OC)C(N)CCC(=O)OC. The summed E-state index contributed by atoms with van der Waals surface area (Å²) in [6.45, 7) is 2.01. The van der Waals surface area contributed by atoms with Crippen molar-refractivity contribution in [2.24, 2.45) is 5.73 Å². The first-order valence-corrected chi connectivity index (χ1v) is 4.50. The lowest BCUT2D eigenvalue weighted by atomic mass is 10.0. The molecule has 0 radical (unpaired) electrons. The van der Waals surface area contributed by atoms with Crippen molar-refractivity contribution in [3.05, 3.63) is 0 Å². The van der Waals surface area contributed by atoms with Crippen LogP contribution in [0, 0.1) is 0 Å². The lowest BCUT2D eigenvalue weighted by Crippen LogP contribution is -2.36. The quantitative estimate of drug-likeness (QED) is 0.624. The summed E-state index contributed by atoms with van der Waals surface area (Å²) in [4.78, 5) is 10.8. The summed E-state index contributed by atoms with van der Waals surface area (Å²) in [6, 6.07) is -0.0888. The minimum atomic E-state index is -0.221. The van der Waals surface area contributed by atoms with Gasteiger partial charge in [-0.05, 0) is 12.8 Å². The Balaban J connectivity index is 3.71. The Bertz CT molecular complexity index is 146. The summed E-state index contributed by atoms with van der Waals surface area (Å²) in [5.74, 6) is -0.221. The van der Waals surface area contributed by atoms with E-state index in [1.807, 2.05) is 6.92 Å². The van der Waals surface area contributed by atoms with Crippen LogP contribution in [-0.4, -0.2) is 32.3 Å². The molecule has 0 fully saturated rings. The van der Waals surface area contributed by atoms with Crippen molar-refractivity contribution in [1.29, 1.82) is 0 Å². The fourth-order valence-electron chi connectivity index (χ4n) is 1.22. The van der Waals surface area contributed by atoms with E-state index in [1.54, 1.807) is 7.11 Å². The van der Waals surface area contributed by atoms with E-state index < -0.39 is 0 Å². The van der Waals surface area contributed by atoms with Crippen LogP contribution in [0.3, 0.4) is 0 Å². The fourth-order valence-corrected chi connectivity index (χ4v) is 1.22. The second-order valence-electron chi connectivity index (χ2n) is 2.96. The lowest BCUT2D eigenvalue weighted by molar-refractivity contribution is -0.140. The largest absolute Gasteiger partial charge is 0.469 e. The van der Waals surface area contributed by atoms with E-state index in [0.717, 1.165) is 6.42 Å². The molecule has 2 atom stereocenters. The zero-order valence-electron chi connectivity index (χ0n) is 8.58. The number of ether oxygens (including phenoxy) is 2. The summed E-state index contributed by atoms with van der Waals surface area (Å²) in [5.41, 5.74) is 5.81. The van der Waals surface area contributed by atoms with Crippen molar-refractivity contribution in [1.82, 2.24) is 0 Å². The molecule has 0 saturated carbocycles. The summed E-state index contributed by atoms with van der Waals surface area (Å²) in [6.07, 6.45) is 1.86. The third kappa shape index (κ3) is 4.85. The van der Waals surface area contributed by atoms with Gasteiger partial charge < -0.3 is 15.2 Å². The van der Waals surface area contributed by atoms with Crippen molar-refractivity contribution in [3.63, 3.8) is 0 Å². The van der Waals surface area contributed by atoms with Gasteiger partial charge in [0.05, 0.1) is 13.2 Å². The van der Waals surface area contributed by atoms with Gasteiger partial charge in [0.15, 0.2) is 0 Å². The maximum Gasteiger partial charge on any atom is 0.305 e. The molecular formula is C9H19NO3. The predicted octanol–water partition coefficient (Wildman–Crippen LogP) is 0.692. The van der Waals surface area contributed by atoms with Crippen LogP contribution in [0.5, 0.6) is 0 Å². The first-order chi connectivity index (χ1) is 6.15. The number of nitrogens with two attached hydrogens (primary N) is 1. The zero-order valence-corrected chi connectivity index (χ0v) is 8.58. The second kappa shape index (κ2) is 6.86. The molecule has 13 heavy (non-hydrogen) atoms. The van der Waals surface area contributed by atoms with Crippen LogP contribution < -0.4 is 5.73 Å². The number of rotatable bonds is 6. The summed E-state index contributed by atoms with van der Waals surface area (Å²) >= 11 is 0. The lowest BCUT2D eigenvalue weighted by Gasteiger charge is -2.20. The molecule has 0 spiro atoms. The van der Waals surface area contributed by atoms with E-state index >= 15 is 0 Å². The summed E-state index contributed by atoms with van der Waals surface area (Å²) < 4.78 is 9.66. The van der Waals surface area contributed by atoms with E-state index in [-0.39, 0.29) is 18.1 Å². The minimum Gasteiger partial charge on any atom is -0.469 e. The molecule has 0 bridgehead atoms. The molecule has 4 nitrogen and oxygen atoms in total. The fraction of sp³-hybridized carbons (Fsp3) is 0.889. The van der Waals surface area contributed by atoms with Crippen LogP contribution in [0.1, 0.15) is 26.2 Å². The van der Waals surface area contributed by atoms with E-state index in [2.05, 4.69) is 4.74 Å². The van der Waals surface area contributed by atoms with Gasteiger partial charge in [0.2, 0.25) is 0 Å². The standard InChI is InChI=1S/C9H19NO3/c1-4-8(12-2)7(10)5-6-9(11)13-3/h7-8H,4-6,10H2,1-3H3. The van der Waals surface area contributed by atoms with Gasteiger partial charge >= 0.3 is 5.97 Å². The number of carbonyl (C=O) groups is 1. The molecule has 2 N–H and O–H groups in total. The molecule has 78 valence electrons. The van der Waals surface area contributed by atoms with Crippen molar-refractivity contribution in [2.75, 3.05) is 14.2 Å². The second-order valence-corrected chi connectivity index (χ2v) is 2.96. The third-order valence-electron chi connectivity index (χ3n) is 2.09. The average Bonchev–Trinajstić information content (AvgIpc) is 2.16. The van der Waals surface area contributed by atoms with Gasteiger partial charge in [0.1, 0.15) is 0 Å². The highest BCUT2D eigenvalue weighted by atomic mass is 16.5. The normalized spacial score (nSPS) is 15.1. The van der Waals surface area contributed by atoms with Gasteiger partial charge in [0, 0.05) is 19.6 Å². The Kier molecular flexibility index (Phi) is 6.54. The zero-order chi connectivity index (χ0) is 10.3. The molecule has 0 aromatic rings. The molecule has 0 rings (SSSR count). The third-order valence-corrected chi connectivity index (χ3v) is 2.09. The van der Waals surface area contributed by atoms with Crippen LogP contribution in [0.15, 0.2) is 0 Å². The van der Waals surface area contributed by atoms with Gasteiger partial charge in [-0.3, -0.25) is 4.79 Å². The van der Waals surface area contributed by atoms with Crippen molar-refractivity contribution >= 4 is 5.97 Å². The van der Waals surface area contributed by atoms with Gasteiger partial charge in [-0.25, -0.2) is 0 Å². The molecule has 4 heteroatoms. The summed E-state index contributed by atoms with van der Waals surface area (Å²) in [7, 11) is 3.01. The van der Waals surface area contributed by atoms with Gasteiger partial charge in [-0.1, -0.05) is 6.92 Å². The molecule has 0 saturated heterocycles. The highest BCUT2D eigenvalue weighted by molar-refractivity contribution is 5.69. The Morgan fingerprint density at radius 2 is 2.08 bits per heavy atom. The van der Waals surface area contributed by atoms with Crippen LogP contribution in [-0.2, 0) is 14.3 Å². The van der Waals surface area contributed by atoms with E-state index in [4.69, 9.17) is 10.5 Å². The predicted molar refractivity (Wildman–Crippen MR) is 50.3 cm³/mol. The highest BCUT2D eigenvalue weighted by Crippen LogP contribution is 2.07. The molecule has 0 amide bonds. The molecule has 2 unspecified atom stereocenters. The maximum atomic E-state index is 10.8. The number of carbonyl (C=O) groups excluding carboxylic acids is 1. The number of hydrogen-bond donors (Lipinski definition) is 1. The molecule has 0 aliphatic heterocycles. The van der Waals surface area contributed by atoms with Crippen LogP contribution in [0.25, 0.3) is 0 Å². The topological polar surface area (TPSA) is 61.5 Å².